The highest BCUT2D eigenvalue weighted by atomic mass is 32.2. The largest absolute Gasteiger partial charge is 0.229 e. The molecular weight excluding hydrogens is 196 g/mol. The van der Waals surface area contributed by atoms with E-state index in [1.54, 1.807) is 13.8 Å². The molecule has 0 radical (unpaired) electrons. The number of rotatable bonds is 8. The SMILES string of the molecule is CCCCCCCCS(=O)(=O)C(C)C. The molecule has 0 fully saturated rings. The van der Waals surface area contributed by atoms with Crippen molar-refractivity contribution in [2.75, 3.05) is 5.75 Å². The second-order valence-corrected chi connectivity index (χ2v) is 6.86. The van der Waals surface area contributed by atoms with Gasteiger partial charge in [-0.1, -0.05) is 39.0 Å². The average Bonchev–Trinajstić information content (AvgIpc) is 2.10. The van der Waals surface area contributed by atoms with E-state index >= 15 is 0 Å². The van der Waals surface area contributed by atoms with Crippen molar-refractivity contribution in [1.29, 1.82) is 0 Å². The highest BCUT2D eigenvalue weighted by Gasteiger charge is 2.14. The van der Waals surface area contributed by atoms with E-state index in [9.17, 15) is 8.42 Å². The van der Waals surface area contributed by atoms with Gasteiger partial charge in [0.2, 0.25) is 0 Å². The molecule has 0 saturated heterocycles. The third kappa shape index (κ3) is 6.41. The number of unbranched alkanes of at least 4 members (excludes halogenated alkanes) is 5. The molecule has 2 nitrogen and oxygen atoms in total. The zero-order valence-corrected chi connectivity index (χ0v) is 10.6. The highest BCUT2D eigenvalue weighted by molar-refractivity contribution is 7.91. The third-order valence-electron chi connectivity index (χ3n) is 2.50. The predicted octanol–water partition coefficient (Wildman–Crippen LogP) is 3.17. The van der Waals surface area contributed by atoms with Gasteiger partial charge in [-0.15, -0.1) is 0 Å². The van der Waals surface area contributed by atoms with E-state index in [0.29, 0.717) is 5.75 Å². The fourth-order valence-corrected chi connectivity index (χ4v) is 2.40. The molecule has 0 heterocycles. The van der Waals surface area contributed by atoms with Gasteiger partial charge in [0, 0.05) is 0 Å². The van der Waals surface area contributed by atoms with Gasteiger partial charge in [-0.2, -0.15) is 0 Å². The Morgan fingerprint density at radius 2 is 1.43 bits per heavy atom. The van der Waals surface area contributed by atoms with Crippen LogP contribution in [0.3, 0.4) is 0 Å². The molecule has 86 valence electrons. The Kier molecular flexibility index (Phi) is 7.24. The van der Waals surface area contributed by atoms with Gasteiger partial charge in [0.05, 0.1) is 11.0 Å². The summed E-state index contributed by atoms with van der Waals surface area (Å²) in [6.45, 7) is 5.70. The fraction of sp³-hybridized carbons (Fsp3) is 1.00. The minimum absolute atomic E-state index is 0.210. The highest BCUT2D eigenvalue weighted by Crippen LogP contribution is 2.08. The smallest absolute Gasteiger partial charge is 0.152 e. The summed E-state index contributed by atoms with van der Waals surface area (Å²) < 4.78 is 22.8. The van der Waals surface area contributed by atoms with Crippen LogP contribution in [-0.4, -0.2) is 19.4 Å². The molecule has 0 aliphatic carbocycles. The number of hydrogen-bond donors (Lipinski definition) is 0. The Bertz CT molecular complexity index is 217. The standard InChI is InChI=1S/C11H24O2S/c1-4-5-6-7-8-9-10-14(12,13)11(2)3/h11H,4-10H2,1-3H3. The molecule has 0 saturated carbocycles. The van der Waals surface area contributed by atoms with E-state index in [1.807, 2.05) is 0 Å². The first-order valence-corrected chi connectivity index (χ1v) is 7.43. The molecule has 0 rings (SSSR count). The lowest BCUT2D eigenvalue weighted by atomic mass is 10.1. The van der Waals surface area contributed by atoms with Crippen LogP contribution in [0.5, 0.6) is 0 Å². The van der Waals surface area contributed by atoms with Crippen LogP contribution in [0.25, 0.3) is 0 Å². The average molecular weight is 220 g/mol. The first kappa shape index (κ1) is 13.9. The van der Waals surface area contributed by atoms with Crippen LogP contribution >= 0.6 is 0 Å². The van der Waals surface area contributed by atoms with E-state index in [2.05, 4.69) is 6.92 Å². The molecule has 0 aromatic heterocycles. The monoisotopic (exact) mass is 220 g/mol. The summed E-state index contributed by atoms with van der Waals surface area (Å²) in [6.07, 6.45) is 6.84. The van der Waals surface area contributed by atoms with Crippen molar-refractivity contribution in [3.05, 3.63) is 0 Å². The number of hydrogen-bond acceptors (Lipinski definition) is 2. The van der Waals surface area contributed by atoms with Crippen molar-refractivity contribution in [3.8, 4) is 0 Å². The molecule has 0 bridgehead atoms. The Labute approximate surface area is 89.0 Å². The van der Waals surface area contributed by atoms with Crippen molar-refractivity contribution in [2.24, 2.45) is 0 Å². The van der Waals surface area contributed by atoms with Crippen LogP contribution in [0, 0.1) is 0 Å². The summed E-state index contributed by atoms with van der Waals surface area (Å²) in [5.74, 6) is 0.372. The van der Waals surface area contributed by atoms with Crippen LogP contribution in [0.15, 0.2) is 0 Å². The maximum absolute atomic E-state index is 11.4. The molecule has 0 atom stereocenters. The van der Waals surface area contributed by atoms with Crippen molar-refractivity contribution in [3.63, 3.8) is 0 Å². The van der Waals surface area contributed by atoms with Gasteiger partial charge in [0.1, 0.15) is 0 Å². The summed E-state index contributed by atoms with van der Waals surface area (Å²) in [4.78, 5) is 0. The van der Waals surface area contributed by atoms with Gasteiger partial charge in [-0.25, -0.2) is 8.42 Å². The molecule has 0 spiro atoms. The summed E-state index contributed by atoms with van der Waals surface area (Å²) >= 11 is 0. The molecule has 0 N–H and O–H groups in total. The molecule has 0 aliphatic heterocycles. The fourth-order valence-electron chi connectivity index (χ4n) is 1.32. The first-order chi connectivity index (χ1) is 6.50. The van der Waals surface area contributed by atoms with E-state index in [1.165, 1.54) is 25.7 Å². The van der Waals surface area contributed by atoms with Gasteiger partial charge in [0.25, 0.3) is 0 Å². The summed E-state index contributed by atoms with van der Waals surface area (Å²) in [6, 6.07) is 0. The van der Waals surface area contributed by atoms with Crippen LogP contribution in [0.1, 0.15) is 59.3 Å². The third-order valence-corrected chi connectivity index (χ3v) is 4.79. The molecule has 0 aliphatic rings. The molecule has 0 unspecified atom stereocenters. The van der Waals surface area contributed by atoms with E-state index in [-0.39, 0.29) is 5.25 Å². The van der Waals surface area contributed by atoms with Gasteiger partial charge >= 0.3 is 0 Å². The number of sulfone groups is 1. The topological polar surface area (TPSA) is 34.1 Å². The molecular formula is C11H24O2S. The summed E-state index contributed by atoms with van der Waals surface area (Å²) in [5, 5.41) is -0.210. The van der Waals surface area contributed by atoms with Gasteiger partial charge in [0.15, 0.2) is 9.84 Å². The Hall–Kier alpha value is -0.0500. The van der Waals surface area contributed by atoms with Gasteiger partial charge in [-0.05, 0) is 20.3 Å². The van der Waals surface area contributed by atoms with Crippen molar-refractivity contribution in [2.45, 2.75) is 64.5 Å². The van der Waals surface area contributed by atoms with Crippen molar-refractivity contribution >= 4 is 9.84 Å². The second kappa shape index (κ2) is 7.27. The van der Waals surface area contributed by atoms with Crippen molar-refractivity contribution in [1.82, 2.24) is 0 Å². The van der Waals surface area contributed by atoms with Gasteiger partial charge in [-0.3, -0.25) is 0 Å². The zero-order chi connectivity index (χ0) is 11.0. The summed E-state index contributed by atoms with van der Waals surface area (Å²) in [7, 11) is -2.79. The Morgan fingerprint density at radius 1 is 0.929 bits per heavy atom. The maximum atomic E-state index is 11.4. The molecule has 0 aromatic rings. The minimum atomic E-state index is -2.79. The maximum Gasteiger partial charge on any atom is 0.152 e. The first-order valence-electron chi connectivity index (χ1n) is 5.72. The Balaban J connectivity index is 3.46. The van der Waals surface area contributed by atoms with Gasteiger partial charge < -0.3 is 0 Å². The lowest BCUT2D eigenvalue weighted by Crippen LogP contribution is -2.17. The lowest BCUT2D eigenvalue weighted by Gasteiger charge is -2.06. The van der Waals surface area contributed by atoms with E-state index in [0.717, 1.165) is 12.8 Å². The lowest BCUT2D eigenvalue weighted by molar-refractivity contribution is 0.576. The zero-order valence-electron chi connectivity index (χ0n) is 9.75. The predicted molar refractivity (Wildman–Crippen MR) is 62.3 cm³/mol. The van der Waals surface area contributed by atoms with Crippen LogP contribution in [0.4, 0.5) is 0 Å². The molecule has 0 aromatic carbocycles. The van der Waals surface area contributed by atoms with Crippen LogP contribution in [-0.2, 0) is 9.84 Å². The molecule has 0 amide bonds. The quantitative estimate of drug-likeness (QED) is 0.589. The van der Waals surface area contributed by atoms with Crippen molar-refractivity contribution < 1.29 is 8.42 Å². The molecule has 14 heavy (non-hydrogen) atoms. The summed E-state index contributed by atoms with van der Waals surface area (Å²) in [5.41, 5.74) is 0. The minimum Gasteiger partial charge on any atom is -0.229 e. The van der Waals surface area contributed by atoms with Crippen LogP contribution in [0.2, 0.25) is 0 Å². The normalized spacial score (nSPS) is 12.3. The van der Waals surface area contributed by atoms with E-state index in [4.69, 9.17) is 0 Å². The van der Waals surface area contributed by atoms with Crippen LogP contribution < -0.4 is 0 Å². The Morgan fingerprint density at radius 3 is 1.93 bits per heavy atom. The second-order valence-electron chi connectivity index (χ2n) is 4.18. The molecule has 3 heteroatoms. The van der Waals surface area contributed by atoms with E-state index < -0.39 is 9.84 Å².